The van der Waals surface area contributed by atoms with Crippen molar-refractivity contribution in [2.75, 3.05) is 0 Å². The van der Waals surface area contributed by atoms with Crippen LogP contribution in [0.3, 0.4) is 0 Å². The van der Waals surface area contributed by atoms with E-state index in [1.54, 1.807) is 0 Å². The topological polar surface area (TPSA) is 25.5 Å². The fourth-order valence-electron chi connectivity index (χ4n) is 3.33. The van der Waals surface area contributed by atoms with Crippen molar-refractivity contribution in [1.29, 1.82) is 0 Å². The van der Waals surface area contributed by atoms with E-state index in [1.165, 1.54) is 10.8 Å². The monoisotopic (exact) mass is 309 g/mol. The van der Waals surface area contributed by atoms with Crippen LogP contribution in [-0.2, 0) is 0 Å². The second-order valence-electron chi connectivity index (χ2n) is 6.06. The lowest BCUT2D eigenvalue weighted by Crippen LogP contribution is -1.97. The van der Waals surface area contributed by atoms with Crippen LogP contribution in [0.4, 0.5) is 0 Å². The third kappa shape index (κ3) is 2.08. The number of nitrogens with zero attached hydrogens (tertiary/aromatic N) is 1. The van der Waals surface area contributed by atoms with Gasteiger partial charge in [-0.15, -0.1) is 0 Å². The summed E-state index contributed by atoms with van der Waals surface area (Å²) in [5, 5.41) is 4.74. The second kappa shape index (κ2) is 5.20. The summed E-state index contributed by atoms with van der Waals surface area (Å²) in [5.41, 5.74) is 4.08. The highest BCUT2D eigenvalue weighted by Crippen LogP contribution is 2.33. The second-order valence-corrected chi connectivity index (χ2v) is 6.06. The van der Waals surface area contributed by atoms with Crippen molar-refractivity contribution in [2.45, 2.75) is 6.42 Å². The smallest absolute Gasteiger partial charge is 0.136 e. The number of aliphatic imine (C=N–C) groups is 1. The van der Waals surface area contributed by atoms with E-state index in [1.807, 2.05) is 18.4 Å². The van der Waals surface area contributed by atoms with Gasteiger partial charge in [0.05, 0.1) is 5.71 Å². The number of rotatable bonds is 1. The molecule has 0 N–H and O–H groups in total. The molecule has 0 amide bonds. The molecule has 114 valence electrons. The molecule has 0 bridgehead atoms. The Kier molecular flexibility index (Phi) is 2.89. The Labute approximate surface area is 139 Å². The minimum Gasteiger partial charge on any atom is -0.456 e. The van der Waals surface area contributed by atoms with E-state index in [0.29, 0.717) is 0 Å². The average molecular weight is 309 g/mol. The van der Waals surface area contributed by atoms with Crippen LogP contribution in [0.5, 0.6) is 0 Å². The van der Waals surface area contributed by atoms with Gasteiger partial charge in [-0.1, -0.05) is 36.4 Å². The van der Waals surface area contributed by atoms with Crippen LogP contribution in [0.2, 0.25) is 0 Å². The van der Waals surface area contributed by atoms with E-state index >= 15 is 0 Å². The summed E-state index contributed by atoms with van der Waals surface area (Å²) >= 11 is 0. The van der Waals surface area contributed by atoms with Crippen LogP contribution in [0, 0.1) is 0 Å². The van der Waals surface area contributed by atoms with Crippen LogP contribution < -0.4 is 0 Å². The summed E-state index contributed by atoms with van der Waals surface area (Å²) in [6.45, 7) is 0. The zero-order valence-electron chi connectivity index (χ0n) is 13.1. The molecule has 0 saturated heterocycles. The molecule has 1 aliphatic heterocycles. The van der Waals surface area contributed by atoms with Crippen LogP contribution >= 0.6 is 0 Å². The molecule has 3 aromatic carbocycles. The Balaban J connectivity index is 1.77. The van der Waals surface area contributed by atoms with Crippen LogP contribution in [-0.4, -0.2) is 5.71 Å². The van der Waals surface area contributed by atoms with Gasteiger partial charge in [-0.3, -0.25) is 4.99 Å². The maximum atomic E-state index is 6.06. The first-order valence-electron chi connectivity index (χ1n) is 8.12. The average Bonchev–Trinajstić information content (AvgIpc) is 2.79. The largest absolute Gasteiger partial charge is 0.456 e. The Bertz CT molecular complexity index is 1170. The van der Waals surface area contributed by atoms with Crippen molar-refractivity contribution >= 4 is 38.4 Å². The Morgan fingerprint density at radius 3 is 2.54 bits per heavy atom. The number of allylic oxidation sites excluding steroid dienone is 3. The van der Waals surface area contributed by atoms with Crippen molar-refractivity contribution < 1.29 is 4.42 Å². The molecule has 24 heavy (non-hydrogen) atoms. The van der Waals surface area contributed by atoms with Gasteiger partial charge in [0.2, 0.25) is 0 Å². The van der Waals surface area contributed by atoms with Crippen molar-refractivity contribution in [3.05, 3.63) is 84.6 Å². The first-order chi connectivity index (χ1) is 11.9. The number of fused-ring (bicyclic) bond motifs is 4. The normalized spacial score (nSPS) is 14.4. The SMILES string of the molecule is C1=CCC(c2ccc3oc4cc5ccccc5cc4c3c2)=NC=C1. The molecule has 5 rings (SSSR count). The molecule has 0 spiro atoms. The van der Waals surface area contributed by atoms with E-state index in [0.717, 1.165) is 39.6 Å². The molecule has 0 atom stereocenters. The number of hydrogen-bond acceptors (Lipinski definition) is 2. The van der Waals surface area contributed by atoms with Crippen LogP contribution in [0.1, 0.15) is 12.0 Å². The highest BCUT2D eigenvalue weighted by atomic mass is 16.3. The molecular formula is C22H15NO. The lowest BCUT2D eigenvalue weighted by Gasteiger charge is -2.03. The maximum absolute atomic E-state index is 6.06. The van der Waals surface area contributed by atoms with Crippen LogP contribution in [0.25, 0.3) is 32.7 Å². The predicted octanol–water partition coefficient (Wildman–Crippen LogP) is 6.00. The van der Waals surface area contributed by atoms with Gasteiger partial charge < -0.3 is 4.42 Å². The molecular weight excluding hydrogens is 294 g/mol. The Hall–Kier alpha value is -3.13. The third-order valence-corrected chi connectivity index (χ3v) is 4.55. The molecule has 0 unspecified atom stereocenters. The molecule has 2 heterocycles. The fraction of sp³-hybridized carbons (Fsp3) is 0.0455. The summed E-state index contributed by atoms with van der Waals surface area (Å²) in [7, 11) is 0. The Morgan fingerprint density at radius 2 is 1.62 bits per heavy atom. The first-order valence-corrected chi connectivity index (χ1v) is 8.12. The minimum atomic E-state index is 0.844. The highest BCUT2D eigenvalue weighted by Gasteiger charge is 2.11. The van der Waals surface area contributed by atoms with E-state index < -0.39 is 0 Å². The first kappa shape index (κ1) is 13.3. The number of hydrogen-bond donors (Lipinski definition) is 0. The Morgan fingerprint density at radius 1 is 0.792 bits per heavy atom. The molecule has 0 fully saturated rings. The summed E-state index contributed by atoms with van der Waals surface area (Å²) in [6.07, 6.45) is 8.83. The maximum Gasteiger partial charge on any atom is 0.136 e. The van der Waals surface area contributed by atoms with Gasteiger partial charge in [-0.2, -0.15) is 0 Å². The number of furan rings is 1. The summed E-state index contributed by atoms with van der Waals surface area (Å²) in [6, 6.07) is 19.1. The van der Waals surface area contributed by atoms with Gasteiger partial charge in [-0.05, 0) is 52.7 Å². The van der Waals surface area contributed by atoms with E-state index in [9.17, 15) is 0 Å². The predicted molar refractivity (Wildman–Crippen MR) is 101 cm³/mol. The minimum absolute atomic E-state index is 0.844. The van der Waals surface area contributed by atoms with Gasteiger partial charge in [0, 0.05) is 23.4 Å². The molecule has 0 aliphatic carbocycles. The van der Waals surface area contributed by atoms with Gasteiger partial charge in [0.25, 0.3) is 0 Å². The van der Waals surface area contributed by atoms with Gasteiger partial charge in [-0.25, -0.2) is 0 Å². The van der Waals surface area contributed by atoms with E-state index in [2.05, 4.69) is 65.7 Å². The standard InChI is InChI=1S/C22H15NO/c1-2-8-20(23-11-5-1)17-9-10-21-18(13-17)19-12-15-6-3-4-7-16(15)14-22(19)24-21/h1-7,9-14H,8H2. The molecule has 2 nitrogen and oxygen atoms in total. The molecule has 1 aliphatic rings. The lowest BCUT2D eigenvalue weighted by atomic mass is 10.0. The summed E-state index contributed by atoms with van der Waals surface area (Å²) in [4.78, 5) is 4.56. The third-order valence-electron chi connectivity index (χ3n) is 4.55. The van der Waals surface area contributed by atoms with Crippen molar-refractivity contribution in [3.8, 4) is 0 Å². The number of benzene rings is 3. The fourth-order valence-corrected chi connectivity index (χ4v) is 3.33. The van der Waals surface area contributed by atoms with Gasteiger partial charge in [0.15, 0.2) is 0 Å². The highest BCUT2D eigenvalue weighted by molar-refractivity contribution is 6.13. The van der Waals surface area contributed by atoms with Crippen molar-refractivity contribution in [3.63, 3.8) is 0 Å². The lowest BCUT2D eigenvalue weighted by molar-refractivity contribution is 0.669. The van der Waals surface area contributed by atoms with Gasteiger partial charge >= 0.3 is 0 Å². The molecule has 0 radical (unpaired) electrons. The quantitative estimate of drug-likeness (QED) is 0.423. The summed E-state index contributed by atoms with van der Waals surface area (Å²) < 4.78 is 6.06. The molecule has 4 aromatic rings. The summed E-state index contributed by atoms with van der Waals surface area (Å²) in [5.74, 6) is 0. The van der Waals surface area contributed by atoms with E-state index in [4.69, 9.17) is 4.42 Å². The zero-order valence-corrected chi connectivity index (χ0v) is 13.1. The van der Waals surface area contributed by atoms with Crippen LogP contribution in [0.15, 0.2) is 88.4 Å². The zero-order chi connectivity index (χ0) is 15.9. The van der Waals surface area contributed by atoms with Gasteiger partial charge in [0.1, 0.15) is 11.2 Å². The molecule has 1 aromatic heterocycles. The van der Waals surface area contributed by atoms with Crippen molar-refractivity contribution in [1.82, 2.24) is 0 Å². The molecule has 0 saturated carbocycles. The van der Waals surface area contributed by atoms with E-state index in [-0.39, 0.29) is 0 Å². The van der Waals surface area contributed by atoms with Crippen molar-refractivity contribution in [2.24, 2.45) is 4.99 Å². The molecule has 2 heteroatoms.